The molecule has 0 aliphatic heterocycles. The van der Waals surface area contributed by atoms with Gasteiger partial charge in [-0.15, -0.1) is 0 Å². The van der Waals surface area contributed by atoms with E-state index >= 15 is 0 Å². The van der Waals surface area contributed by atoms with Crippen LogP contribution in [0.15, 0.2) is 12.2 Å². The summed E-state index contributed by atoms with van der Waals surface area (Å²) in [5.41, 5.74) is 0.270. The number of esters is 1. The van der Waals surface area contributed by atoms with Crippen molar-refractivity contribution < 1.29 is 19.4 Å². The van der Waals surface area contributed by atoms with Crippen LogP contribution in [-0.4, -0.2) is 23.7 Å². The first-order valence-electron chi connectivity index (χ1n) is 7.75. The van der Waals surface area contributed by atoms with E-state index in [2.05, 4.69) is 27.7 Å². The van der Waals surface area contributed by atoms with Crippen LogP contribution in [-0.2, 0) is 14.3 Å². The summed E-state index contributed by atoms with van der Waals surface area (Å²) in [6.45, 7) is 9.12. The average Bonchev–Trinajstić information content (AvgIpc) is 2.36. The molecule has 0 saturated heterocycles. The molecule has 1 aliphatic carbocycles. The molecule has 120 valence electrons. The number of ether oxygens (including phenoxy) is 1. The molecule has 0 aromatic carbocycles. The van der Waals surface area contributed by atoms with E-state index in [1.165, 1.54) is 0 Å². The molecule has 3 unspecified atom stereocenters. The highest BCUT2D eigenvalue weighted by atomic mass is 16.5. The Hall–Kier alpha value is -1.32. The van der Waals surface area contributed by atoms with E-state index in [1.54, 1.807) is 0 Å². The number of rotatable bonds is 6. The Morgan fingerprint density at radius 1 is 1.24 bits per heavy atom. The second-order valence-corrected chi connectivity index (χ2v) is 7.32. The van der Waals surface area contributed by atoms with Crippen LogP contribution >= 0.6 is 0 Å². The van der Waals surface area contributed by atoms with Gasteiger partial charge in [0.15, 0.2) is 0 Å². The lowest BCUT2D eigenvalue weighted by atomic mass is 9.83. The van der Waals surface area contributed by atoms with Gasteiger partial charge in [-0.3, -0.25) is 9.59 Å². The van der Waals surface area contributed by atoms with Crippen molar-refractivity contribution >= 4 is 11.9 Å². The number of carbonyl (C=O) groups excluding carboxylic acids is 1. The third-order valence-electron chi connectivity index (χ3n) is 3.87. The van der Waals surface area contributed by atoms with E-state index in [1.807, 2.05) is 12.2 Å². The lowest BCUT2D eigenvalue weighted by Gasteiger charge is -2.25. The molecule has 0 bridgehead atoms. The Bertz CT molecular complexity index is 392. The predicted molar refractivity (Wildman–Crippen MR) is 81.8 cm³/mol. The highest BCUT2D eigenvalue weighted by Crippen LogP contribution is 2.28. The van der Waals surface area contributed by atoms with Gasteiger partial charge in [-0.2, -0.15) is 0 Å². The van der Waals surface area contributed by atoms with Crippen LogP contribution in [0.25, 0.3) is 0 Å². The third-order valence-corrected chi connectivity index (χ3v) is 3.87. The van der Waals surface area contributed by atoms with Gasteiger partial charge in [-0.1, -0.05) is 39.8 Å². The van der Waals surface area contributed by atoms with Crippen molar-refractivity contribution in [2.45, 2.75) is 53.4 Å². The van der Waals surface area contributed by atoms with Crippen LogP contribution in [0.2, 0.25) is 0 Å². The molecule has 4 nitrogen and oxygen atoms in total. The Labute approximate surface area is 127 Å². The summed E-state index contributed by atoms with van der Waals surface area (Å²) < 4.78 is 5.31. The third kappa shape index (κ3) is 6.32. The molecule has 0 amide bonds. The van der Waals surface area contributed by atoms with E-state index < -0.39 is 17.8 Å². The molecule has 1 rings (SSSR count). The van der Waals surface area contributed by atoms with Gasteiger partial charge in [0, 0.05) is 0 Å². The fourth-order valence-electron chi connectivity index (χ4n) is 2.96. The van der Waals surface area contributed by atoms with Crippen LogP contribution in [0.3, 0.4) is 0 Å². The fraction of sp³-hybridized carbons (Fsp3) is 0.765. The monoisotopic (exact) mass is 296 g/mol. The highest BCUT2D eigenvalue weighted by Gasteiger charge is 2.35. The maximum Gasteiger partial charge on any atom is 0.310 e. The second kappa shape index (κ2) is 7.62. The molecule has 3 atom stereocenters. The van der Waals surface area contributed by atoms with Crippen LogP contribution in [0, 0.1) is 23.2 Å². The molecule has 0 fully saturated rings. The molecular formula is C17H28O4. The molecule has 0 heterocycles. The molecule has 21 heavy (non-hydrogen) atoms. The molecule has 0 aromatic heterocycles. The van der Waals surface area contributed by atoms with Crippen molar-refractivity contribution in [2.24, 2.45) is 23.2 Å². The quantitative estimate of drug-likeness (QED) is 0.600. The first kappa shape index (κ1) is 17.7. The van der Waals surface area contributed by atoms with Crippen LogP contribution in [0.4, 0.5) is 0 Å². The summed E-state index contributed by atoms with van der Waals surface area (Å²) in [4.78, 5) is 23.2. The van der Waals surface area contributed by atoms with Crippen molar-refractivity contribution in [2.75, 3.05) is 6.61 Å². The van der Waals surface area contributed by atoms with Gasteiger partial charge in [-0.05, 0) is 37.0 Å². The molecule has 0 spiro atoms. The fourth-order valence-corrected chi connectivity index (χ4v) is 2.96. The van der Waals surface area contributed by atoms with Gasteiger partial charge in [0.1, 0.15) is 0 Å². The summed E-state index contributed by atoms with van der Waals surface area (Å²) in [6, 6.07) is 0. The maximum absolute atomic E-state index is 12.1. The molecule has 0 aromatic rings. The van der Waals surface area contributed by atoms with Gasteiger partial charge < -0.3 is 9.84 Å². The normalized spacial score (nSPS) is 23.6. The standard InChI is InChI=1S/C17H28O4/c1-12(11-17(2,3)4)9-10-21-16(20)14-8-6-5-7-13(14)15(18)19/h5-6,12-14H,7-11H2,1-4H3,(H,18,19). The largest absolute Gasteiger partial charge is 0.481 e. The van der Waals surface area contributed by atoms with E-state index in [0.29, 0.717) is 25.4 Å². The lowest BCUT2D eigenvalue weighted by molar-refractivity contribution is -0.158. The zero-order chi connectivity index (χ0) is 16.0. The van der Waals surface area contributed by atoms with Gasteiger partial charge in [0.05, 0.1) is 18.4 Å². The minimum atomic E-state index is -0.914. The Morgan fingerprint density at radius 3 is 2.33 bits per heavy atom. The summed E-state index contributed by atoms with van der Waals surface area (Å²) in [5, 5.41) is 9.16. The van der Waals surface area contributed by atoms with Crippen LogP contribution in [0.1, 0.15) is 53.4 Å². The Balaban J connectivity index is 2.39. The van der Waals surface area contributed by atoms with E-state index in [4.69, 9.17) is 9.84 Å². The molecule has 0 radical (unpaired) electrons. The summed E-state index contributed by atoms with van der Waals surface area (Å²) in [7, 11) is 0. The molecule has 1 N–H and O–H groups in total. The number of hydrogen-bond acceptors (Lipinski definition) is 3. The Morgan fingerprint density at radius 2 is 1.81 bits per heavy atom. The number of carboxylic acids is 1. The van der Waals surface area contributed by atoms with Crippen molar-refractivity contribution in [3.8, 4) is 0 Å². The topological polar surface area (TPSA) is 63.6 Å². The van der Waals surface area contributed by atoms with Crippen molar-refractivity contribution in [1.82, 2.24) is 0 Å². The minimum absolute atomic E-state index is 0.270. The zero-order valence-electron chi connectivity index (χ0n) is 13.6. The van der Waals surface area contributed by atoms with E-state index in [9.17, 15) is 9.59 Å². The number of hydrogen-bond donors (Lipinski definition) is 1. The van der Waals surface area contributed by atoms with Crippen molar-refractivity contribution in [3.05, 3.63) is 12.2 Å². The smallest absolute Gasteiger partial charge is 0.310 e. The molecule has 1 aliphatic rings. The maximum atomic E-state index is 12.1. The van der Waals surface area contributed by atoms with E-state index in [0.717, 1.165) is 12.8 Å². The molecular weight excluding hydrogens is 268 g/mol. The molecule has 4 heteroatoms. The van der Waals surface area contributed by atoms with Crippen molar-refractivity contribution in [1.29, 1.82) is 0 Å². The summed E-state index contributed by atoms with van der Waals surface area (Å²) >= 11 is 0. The lowest BCUT2D eigenvalue weighted by Crippen LogP contribution is -2.32. The van der Waals surface area contributed by atoms with Gasteiger partial charge in [-0.25, -0.2) is 0 Å². The number of carbonyl (C=O) groups is 2. The van der Waals surface area contributed by atoms with E-state index in [-0.39, 0.29) is 11.4 Å². The number of carboxylic acid groups (broad SMARTS) is 1. The van der Waals surface area contributed by atoms with Gasteiger partial charge >= 0.3 is 11.9 Å². The number of allylic oxidation sites excluding steroid dienone is 2. The van der Waals surface area contributed by atoms with Crippen LogP contribution < -0.4 is 0 Å². The van der Waals surface area contributed by atoms with Crippen molar-refractivity contribution in [3.63, 3.8) is 0 Å². The average molecular weight is 296 g/mol. The Kier molecular flexibility index (Phi) is 6.43. The van der Waals surface area contributed by atoms with Crippen LogP contribution in [0.5, 0.6) is 0 Å². The number of aliphatic carboxylic acids is 1. The van der Waals surface area contributed by atoms with Gasteiger partial charge in [0.2, 0.25) is 0 Å². The second-order valence-electron chi connectivity index (χ2n) is 7.32. The molecule has 0 saturated carbocycles. The summed E-state index contributed by atoms with van der Waals surface area (Å²) in [6.07, 6.45) is 6.47. The summed E-state index contributed by atoms with van der Waals surface area (Å²) in [5.74, 6) is -1.98. The zero-order valence-corrected chi connectivity index (χ0v) is 13.6. The predicted octanol–water partition coefficient (Wildman–Crippen LogP) is 3.66. The first-order valence-corrected chi connectivity index (χ1v) is 7.75. The van der Waals surface area contributed by atoms with Gasteiger partial charge in [0.25, 0.3) is 0 Å². The SMILES string of the molecule is CC(CCOC(=O)C1CC=CCC1C(=O)O)CC(C)(C)C. The first-order chi connectivity index (χ1) is 9.70. The minimum Gasteiger partial charge on any atom is -0.481 e. The highest BCUT2D eigenvalue weighted by molar-refractivity contribution is 5.81.